The topological polar surface area (TPSA) is 32.5 Å². The zero-order valence-corrected chi connectivity index (χ0v) is 10.0. The zero-order valence-electron chi connectivity index (χ0n) is 10.0. The number of piperidine rings is 1. The molecule has 2 unspecified atom stereocenters. The molecule has 0 bridgehead atoms. The van der Waals surface area contributed by atoms with Gasteiger partial charge in [0.25, 0.3) is 0 Å². The molecule has 0 aromatic rings. The molecule has 0 aromatic heterocycles. The Morgan fingerprint density at radius 2 is 1.79 bits per heavy atom. The largest absolute Gasteiger partial charge is 0.327 e. The molecule has 3 nitrogen and oxygen atoms in total. The number of hydrogen-bond donors (Lipinski definition) is 1. The van der Waals surface area contributed by atoms with Gasteiger partial charge in [0.05, 0.1) is 0 Å². The first-order valence-corrected chi connectivity index (χ1v) is 5.63. The van der Waals surface area contributed by atoms with E-state index in [1.807, 2.05) is 0 Å². The van der Waals surface area contributed by atoms with Gasteiger partial charge < -0.3 is 15.5 Å². The summed E-state index contributed by atoms with van der Waals surface area (Å²) in [4.78, 5) is 4.70. The third-order valence-corrected chi connectivity index (χ3v) is 3.38. The van der Waals surface area contributed by atoms with Gasteiger partial charge in [0, 0.05) is 12.1 Å². The second-order valence-corrected chi connectivity index (χ2v) is 4.95. The van der Waals surface area contributed by atoms with Gasteiger partial charge in [0.1, 0.15) is 0 Å². The molecule has 1 fully saturated rings. The fourth-order valence-corrected chi connectivity index (χ4v) is 2.69. The summed E-state index contributed by atoms with van der Waals surface area (Å²) in [5.74, 6) is 0.779. The van der Waals surface area contributed by atoms with Gasteiger partial charge >= 0.3 is 0 Å². The lowest BCUT2D eigenvalue weighted by atomic mass is 9.85. The molecule has 1 saturated heterocycles. The molecule has 2 atom stereocenters. The molecule has 0 saturated carbocycles. The van der Waals surface area contributed by atoms with Crippen molar-refractivity contribution in [1.82, 2.24) is 9.80 Å². The summed E-state index contributed by atoms with van der Waals surface area (Å²) in [5, 5.41) is 0. The van der Waals surface area contributed by atoms with Crippen LogP contribution >= 0.6 is 0 Å². The van der Waals surface area contributed by atoms with Crippen LogP contribution in [0.1, 0.15) is 19.8 Å². The Balaban J connectivity index is 2.52. The lowest BCUT2D eigenvalue weighted by Crippen LogP contribution is -2.50. The molecular weight excluding hydrogens is 174 g/mol. The molecule has 1 aliphatic rings. The van der Waals surface area contributed by atoms with Crippen molar-refractivity contribution in [1.29, 1.82) is 0 Å². The van der Waals surface area contributed by atoms with Gasteiger partial charge in [-0.15, -0.1) is 0 Å². The van der Waals surface area contributed by atoms with E-state index < -0.39 is 0 Å². The second-order valence-electron chi connectivity index (χ2n) is 4.95. The molecule has 0 aliphatic carbocycles. The maximum atomic E-state index is 6.05. The Labute approximate surface area is 88.2 Å². The summed E-state index contributed by atoms with van der Waals surface area (Å²) in [6.07, 6.45) is 2.59. The summed E-state index contributed by atoms with van der Waals surface area (Å²) in [5.41, 5.74) is 6.05. The molecule has 84 valence electrons. The SMILES string of the molecule is CC(N)C(C1CCN(C)CC1)N(C)C. The fraction of sp³-hybridized carbons (Fsp3) is 1.00. The molecule has 3 heteroatoms. The van der Waals surface area contributed by atoms with Crippen LogP contribution in [-0.2, 0) is 0 Å². The fourth-order valence-electron chi connectivity index (χ4n) is 2.69. The number of nitrogens with two attached hydrogens (primary N) is 1. The standard InChI is InChI=1S/C11H25N3/c1-9(12)11(13(2)3)10-5-7-14(4)8-6-10/h9-11H,5-8,12H2,1-4H3. The van der Waals surface area contributed by atoms with Crippen molar-refractivity contribution in [3.05, 3.63) is 0 Å². The van der Waals surface area contributed by atoms with E-state index in [2.05, 4.69) is 37.9 Å². The monoisotopic (exact) mass is 199 g/mol. The van der Waals surface area contributed by atoms with Crippen molar-refractivity contribution in [3.63, 3.8) is 0 Å². The van der Waals surface area contributed by atoms with E-state index in [1.54, 1.807) is 0 Å². The molecule has 0 radical (unpaired) electrons. The summed E-state index contributed by atoms with van der Waals surface area (Å²) < 4.78 is 0. The van der Waals surface area contributed by atoms with E-state index in [0.29, 0.717) is 6.04 Å². The van der Waals surface area contributed by atoms with Crippen molar-refractivity contribution in [3.8, 4) is 0 Å². The summed E-state index contributed by atoms with van der Waals surface area (Å²) in [6.45, 7) is 4.58. The lowest BCUT2D eigenvalue weighted by molar-refractivity contribution is 0.117. The van der Waals surface area contributed by atoms with Crippen LogP contribution in [0.4, 0.5) is 0 Å². The Bertz CT molecular complexity index is 152. The van der Waals surface area contributed by atoms with E-state index in [9.17, 15) is 0 Å². The van der Waals surface area contributed by atoms with Crippen LogP contribution in [0.15, 0.2) is 0 Å². The molecule has 0 spiro atoms. The number of hydrogen-bond acceptors (Lipinski definition) is 3. The van der Waals surface area contributed by atoms with Crippen LogP contribution in [0.5, 0.6) is 0 Å². The maximum Gasteiger partial charge on any atom is 0.0267 e. The van der Waals surface area contributed by atoms with Crippen molar-refractivity contribution < 1.29 is 0 Å². The van der Waals surface area contributed by atoms with Gasteiger partial charge in [-0.1, -0.05) is 0 Å². The highest BCUT2D eigenvalue weighted by atomic mass is 15.1. The van der Waals surface area contributed by atoms with E-state index >= 15 is 0 Å². The molecule has 2 N–H and O–H groups in total. The highest BCUT2D eigenvalue weighted by molar-refractivity contribution is 4.86. The average Bonchev–Trinajstić information content (AvgIpc) is 2.07. The predicted molar refractivity (Wildman–Crippen MR) is 61.3 cm³/mol. The molecule has 14 heavy (non-hydrogen) atoms. The Morgan fingerprint density at radius 3 is 2.14 bits per heavy atom. The van der Waals surface area contributed by atoms with Gasteiger partial charge in [-0.2, -0.15) is 0 Å². The lowest BCUT2D eigenvalue weighted by Gasteiger charge is -2.39. The average molecular weight is 199 g/mol. The number of likely N-dealkylation sites (tertiary alicyclic amines) is 1. The van der Waals surface area contributed by atoms with Crippen LogP contribution in [0.25, 0.3) is 0 Å². The minimum atomic E-state index is 0.276. The van der Waals surface area contributed by atoms with Gasteiger partial charge in [-0.25, -0.2) is 0 Å². The second kappa shape index (κ2) is 5.10. The molecule has 0 aromatic carbocycles. The van der Waals surface area contributed by atoms with Crippen molar-refractivity contribution in [2.45, 2.75) is 31.8 Å². The van der Waals surface area contributed by atoms with Gasteiger partial charge in [-0.3, -0.25) is 0 Å². The van der Waals surface area contributed by atoms with E-state index in [1.165, 1.54) is 25.9 Å². The Hall–Kier alpha value is -0.120. The molecule has 1 aliphatic heterocycles. The van der Waals surface area contributed by atoms with Gasteiger partial charge in [0.15, 0.2) is 0 Å². The molecular formula is C11H25N3. The first-order valence-electron chi connectivity index (χ1n) is 5.63. The van der Waals surface area contributed by atoms with Crippen LogP contribution in [0.2, 0.25) is 0 Å². The third-order valence-electron chi connectivity index (χ3n) is 3.38. The summed E-state index contributed by atoms with van der Waals surface area (Å²) >= 11 is 0. The van der Waals surface area contributed by atoms with Crippen molar-refractivity contribution in [2.24, 2.45) is 11.7 Å². The highest BCUT2D eigenvalue weighted by Gasteiger charge is 2.29. The first kappa shape index (κ1) is 12.0. The highest BCUT2D eigenvalue weighted by Crippen LogP contribution is 2.23. The summed E-state index contributed by atoms with van der Waals surface area (Å²) in [7, 11) is 6.49. The zero-order chi connectivity index (χ0) is 10.7. The predicted octanol–water partition coefficient (Wildman–Crippen LogP) is 0.606. The van der Waals surface area contributed by atoms with E-state index in [4.69, 9.17) is 5.73 Å². The minimum absolute atomic E-state index is 0.276. The Kier molecular flexibility index (Phi) is 4.35. The van der Waals surface area contributed by atoms with E-state index in [-0.39, 0.29) is 6.04 Å². The number of rotatable bonds is 3. The van der Waals surface area contributed by atoms with Crippen molar-refractivity contribution in [2.75, 3.05) is 34.2 Å². The van der Waals surface area contributed by atoms with Crippen molar-refractivity contribution >= 4 is 0 Å². The quantitative estimate of drug-likeness (QED) is 0.723. The van der Waals surface area contributed by atoms with Gasteiger partial charge in [-0.05, 0) is 59.9 Å². The van der Waals surface area contributed by atoms with Crippen LogP contribution in [-0.4, -0.2) is 56.1 Å². The Morgan fingerprint density at radius 1 is 1.29 bits per heavy atom. The molecule has 1 heterocycles. The van der Waals surface area contributed by atoms with Crippen LogP contribution < -0.4 is 5.73 Å². The summed E-state index contributed by atoms with van der Waals surface area (Å²) in [6, 6.07) is 0.821. The number of nitrogens with zero attached hydrogens (tertiary/aromatic N) is 2. The van der Waals surface area contributed by atoms with E-state index in [0.717, 1.165) is 5.92 Å². The number of likely N-dealkylation sites (N-methyl/N-ethyl adjacent to an activating group) is 1. The molecule has 1 rings (SSSR count). The van der Waals surface area contributed by atoms with Crippen LogP contribution in [0.3, 0.4) is 0 Å². The smallest absolute Gasteiger partial charge is 0.0267 e. The normalized spacial score (nSPS) is 25.3. The van der Waals surface area contributed by atoms with Crippen LogP contribution in [0, 0.1) is 5.92 Å². The molecule has 0 amide bonds. The van der Waals surface area contributed by atoms with Gasteiger partial charge in [0.2, 0.25) is 0 Å². The maximum absolute atomic E-state index is 6.05. The minimum Gasteiger partial charge on any atom is -0.327 e. The third kappa shape index (κ3) is 2.94. The first-order chi connectivity index (χ1) is 6.52.